The zero-order chi connectivity index (χ0) is 14.3. The molecule has 0 spiro atoms. The van der Waals surface area contributed by atoms with Crippen molar-refractivity contribution in [3.05, 3.63) is 47.3 Å². The highest BCUT2D eigenvalue weighted by molar-refractivity contribution is 5.30. The topological polar surface area (TPSA) is 61.4 Å². The van der Waals surface area contributed by atoms with E-state index in [2.05, 4.69) is 20.2 Å². The predicted octanol–water partition coefficient (Wildman–Crippen LogP) is 2.08. The second-order valence-corrected chi connectivity index (χ2v) is 4.91. The zero-order valence-corrected chi connectivity index (χ0v) is 12.0. The standard InChI is InChI=1S/C14H16N6/c1-9-5-11(3)19(17-9)13-7-15-8-14(16-13)20-12(4)6-10(2)18-20/h5-8H,1-4H3. The van der Waals surface area contributed by atoms with E-state index in [1.54, 1.807) is 21.8 Å². The molecule has 0 unspecified atom stereocenters. The molecule has 0 atom stereocenters. The maximum Gasteiger partial charge on any atom is 0.174 e. The first-order valence-corrected chi connectivity index (χ1v) is 6.44. The Bertz CT molecular complexity index is 706. The minimum absolute atomic E-state index is 0.695. The van der Waals surface area contributed by atoms with Gasteiger partial charge in [-0.25, -0.2) is 14.3 Å². The molecule has 0 aliphatic rings. The Morgan fingerprint density at radius 1 is 0.750 bits per heavy atom. The summed E-state index contributed by atoms with van der Waals surface area (Å²) in [4.78, 5) is 8.85. The molecule has 6 heteroatoms. The van der Waals surface area contributed by atoms with Gasteiger partial charge in [0.2, 0.25) is 0 Å². The van der Waals surface area contributed by atoms with Gasteiger partial charge in [-0.1, -0.05) is 0 Å². The molecule has 3 heterocycles. The second-order valence-electron chi connectivity index (χ2n) is 4.91. The van der Waals surface area contributed by atoms with Crippen LogP contribution in [0.4, 0.5) is 0 Å². The third kappa shape index (κ3) is 2.09. The molecular weight excluding hydrogens is 252 g/mol. The van der Waals surface area contributed by atoms with Gasteiger partial charge in [0.15, 0.2) is 11.6 Å². The fourth-order valence-electron chi connectivity index (χ4n) is 2.27. The average molecular weight is 268 g/mol. The van der Waals surface area contributed by atoms with Crippen molar-refractivity contribution in [2.45, 2.75) is 27.7 Å². The van der Waals surface area contributed by atoms with Crippen molar-refractivity contribution in [3.63, 3.8) is 0 Å². The van der Waals surface area contributed by atoms with Gasteiger partial charge in [0, 0.05) is 11.4 Å². The molecule has 102 valence electrons. The summed E-state index contributed by atoms with van der Waals surface area (Å²) >= 11 is 0. The lowest BCUT2D eigenvalue weighted by Gasteiger charge is -2.06. The van der Waals surface area contributed by atoms with Crippen molar-refractivity contribution in [2.75, 3.05) is 0 Å². The highest BCUT2D eigenvalue weighted by atomic mass is 15.4. The fourth-order valence-corrected chi connectivity index (χ4v) is 2.27. The molecule has 3 rings (SSSR count). The van der Waals surface area contributed by atoms with Crippen LogP contribution in [0.2, 0.25) is 0 Å². The van der Waals surface area contributed by atoms with Crippen molar-refractivity contribution < 1.29 is 0 Å². The Morgan fingerprint density at radius 3 is 1.55 bits per heavy atom. The fraction of sp³-hybridized carbons (Fsp3) is 0.286. The van der Waals surface area contributed by atoms with E-state index in [0.29, 0.717) is 11.6 Å². The summed E-state index contributed by atoms with van der Waals surface area (Å²) in [5.74, 6) is 1.39. The SMILES string of the molecule is Cc1cc(C)n(-c2cncc(-n3nc(C)cc3C)n2)n1. The molecule has 3 aromatic rings. The number of aromatic nitrogens is 6. The molecule has 0 saturated heterocycles. The molecule has 0 saturated carbocycles. The monoisotopic (exact) mass is 268 g/mol. The van der Waals surface area contributed by atoms with Crippen molar-refractivity contribution in [3.8, 4) is 11.6 Å². The first-order chi connectivity index (χ1) is 9.54. The summed E-state index contributed by atoms with van der Waals surface area (Å²) in [6, 6.07) is 4.02. The molecule has 0 N–H and O–H groups in total. The smallest absolute Gasteiger partial charge is 0.174 e. The third-order valence-corrected chi connectivity index (χ3v) is 3.06. The maximum absolute atomic E-state index is 4.60. The first kappa shape index (κ1) is 12.5. The van der Waals surface area contributed by atoms with Crippen LogP contribution in [-0.4, -0.2) is 29.5 Å². The molecule has 0 aromatic carbocycles. The molecule has 0 fully saturated rings. The van der Waals surface area contributed by atoms with Crippen LogP contribution in [0.15, 0.2) is 24.5 Å². The normalized spacial score (nSPS) is 11.0. The number of rotatable bonds is 2. The molecule has 0 aliphatic heterocycles. The lowest BCUT2D eigenvalue weighted by atomic mass is 10.4. The largest absolute Gasteiger partial charge is 0.257 e. The number of hydrogen-bond acceptors (Lipinski definition) is 4. The van der Waals surface area contributed by atoms with E-state index in [1.165, 1.54) is 0 Å². The van der Waals surface area contributed by atoms with Crippen molar-refractivity contribution >= 4 is 0 Å². The molecule has 0 aliphatic carbocycles. The van der Waals surface area contributed by atoms with Gasteiger partial charge < -0.3 is 0 Å². The van der Waals surface area contributed by atoms with Gasteiger partial charge in [0.1, 0.15) is 0 Å². The van der Waals surface area contributed by atoms with Crippen molar-refractivity contribution in [1.82, 2.24) is 29.5 Å². The number of aryl methyl sites for hydroxylation is 4. The van der Waals surface area contributed by atoms with Gasteiger partial charge in [-0.05, 0) is 39.8 Å². The van der Waals surface area contributed by atoms with Crippen LogP contribution in [0.5, 0.6) is 0 Å². The summed E-state index contributed by atoms with van der Waals surface area (Å²) in [5.41, 5.74) is 3.98. The van der Waals surface area contributed by atoms with Crippen LogP contribution in [0.3, 0.4) is 0 Å². The third-order valence-electron chi connectivity index (χ3n) is 3.06. The summed E-state index contributed by atoms with van der Waals surface area (Å²) in [5, 5.41) is 8.85. The average Bonchev–Trinajstić information content (AvgIpc) is 2.91. The van der Waals surface area contributed by atoms with Gasteiger partial charge in [0.25, 0.3) is 0 Å². The van der Waals surface area contributed by atoms with Crippen molar-refractivity contribution in [1.29, 1.82) is 0 Å². The molecule has 0 amide bonds. The van der Waals surface area contributed by atoms with E-state index in [-0.39, 0.29) is 0 Å². The molecule has 6 nitrogen and oxygen atoms in total. The molecular formula is C14H16N6. The highest BCUT2D eigenvalue weighted by Gasteiger charge is 2.09. The predicted molar refractivity (Wildman–Crippen MR) is 75.2 cm³/mol. The van der Waals surface area contributed by atoms with E-state index < -0.39 is 0 Å². The quantitative estimate of drug-likeness (QED) is 0.714. The Balaban J connectivity index is 2.10. The van der Waals surface area contributed by atoms with Crippen LogP contribution in [0, 0.1) is 27.7 Å². The van der Waals surface area contributed by atoms with E-state index in [4.69, 9.17) is 0 Å². The van der Waals surface area contributed by atoms with Crippen molar-refractivity contribution in [2.24, 2.45) is 0 Å². The van der Waals surface area contributed by atoms with Gasteiger partial charge in [0.05, 0.1) is 23.8 Å². The van der Waals surface area contributed by atoms with Gasteiger partial charge in [-0.15, -0.1) is 0 Å². The first-order valence-electron chi connectivity index (χ1n) is 6.44. The molecule has 0 radical (unpaired) electrons. The van der Waals surface area contributed by atoms with Crippen LogP contribution in [0.25, 0.3) is 11.6 Å². The minimum atomic E-state index is 0.695. The summed E-state index contributed by atoms with van der Waals surface area (Å²) in [6.45, 7) is 7.92. The maximum atomic E-state index is 4.60. The highest BCUT2D eigenvalue weighted by Crippen LogP contribution is 2.13. The van der Waals surface area contributed by atoms with Gasteiger partial charge in [-0.3, -0.25) is 4.98 Å². The Hall–Kier alpha value is -2.50. The Kier molecular flexibility index (Phi) is 2.85. The Labute approximate surface area is 117 Å². The summed E-state index contributed by atoms with van der Waals surface area (Å²) in [7, 11) is 0. The Morgan fingerprint density at radius 2 is 1.20 bits per heavy atom. The van der Waals surface area contributed by atoms with E-state index in [1.807, 2.05) is 39.8 Å². The van der Waals surface area contributed by atoms with Gasteiger partial charge in [-0.2, -0.15) is 10.2 Å². The molecule has 20 heavy (non-hydrogen) atoms. The summed E-state index contributed by atoms with van der Waals surface area (Å²) in [6.07, 6.45) is 3.41. The number of hydrogen-bond donors (Lipinski definition) is 0. The minimum Gasteiger partial charge on any atom is -0.257 e. The lowest BCUT2D eigenvalue weighted by molar-refractivity contribution is 0.758. The van der Waals surface area contributed by atoms with Crippen LogP contribution < -0.4 is 0 Å². The van der Waals surface area contributed by atoms with Crippen LogP contribution in [0.1, 0.15) is 22.8 Å². The van der Waals surface area contributed by atoms with Crippen LogP contribution >= 0.6 is 0 Å². The lowest BCUT2D eigenvalue weighted by Crippen LogP contribution is -2.08. The number of nitrogens with zero attached hydrogens (tertiary/aromatic N) is 6. The van der Waals surface area contributed by atoms with Gasteiger partial charge >= 0.3 is 0 Å². The van der Waals surface area contributed by atoms with E-state index >= 15 is 0 Å². The van der Waals surface area contributed by atoms with E-state index in [9.17, 15) is 0 Å². The summed E-state index contributed by atoms with van der Waals surface area (Å²) < 4.78 is 3.58. The van der Waals surface area contributed by atoms with E-state index in [0.717, 1.165) is 22.8 Å². The molecule has 3 aromatic heterocycles. The second kappa shape index (κ2) is 4.56. The van der Waals surface area contributed by atoms with Crippen LogP contribution in [-0.2, 0) is 0 Å². The molecule has 0 bridgehead atoms. The zero-order valence-electron chi connectivity index (χ0n) is 12.0.